The Balaban J connectivity index is 1.91. The van der Waals surface area contributed by atoms with Gasteiger partial charge in [0.15, 0.2) is 0 Å². The molecule has 72 valence electrons. The van der Waals surface area contributed by atoms with Gasteiger partial charge in [-0.3, -0.25) is 4.84 Å². The summed E-state index contributed by atoms with van der Waals surface area (Å²) >= 11 is 0. The van der Waals surface area contributed by atoms with E-state index < -0.39 is 0 Å². The fourth-order valence-electron chi connectivity index (χ4n) is 1.14. The Labute approximate surface area is 73.1 Å². The van der Waals surface area contributed by atoms with Crippen LogP contribution in [0.3, 0.4) is 0 Å². The summed E-state index contributed by atoms with van der Waals surface area (Å²) < 4.78 is 10.1. The van der Waals surface area contributed by atoms with Gasteiger partial charge in [-0.2, -0.15) is 5.48 Å². The molecule has 1 saturated heterocycles. The van der Waals surface area contributed by atoms with E-state index in [1.54, 1.807) is 7.11 Å². The highest BCUT2D eigenvalue weighted by atomic mass is 16.7. The molecule has 1 fully saturated rings. The zero-order valence-corrected chi connectivity index (χ0v) is 7.54. The van der Waals surface area contributed by atoms with E-state index >= 15 is 0 Å². The second-order valence-corrected chi connectivity index (χ2v) is 2.87. The van der Waals surface area contributed by atoms with Gasteiger partial charge in [-0.05, 0) is 12.8 Å². The van der Waals surface area contributed by atoms with Crippen LogP contribution >= 0.6 is 0 Å². The molecule has 1 rings (SSSR count). The summed E-state index contributed by atoms with van der Waals surface area (Å²) in [5, 5.41) is 0. The van der Waals surface area contributed by atoms with Crippen molar-refractivity contribution in [2.45, 2.75) is 18.9 Å². The van der Waals surface area contributed by atoms with E-state index in [1.165, 1.54) is 0 Å². The zero-order valence-electron chi connectivity index (χ0n) is 7.54. The van der Waals surface area contributed by atoms with Gasteiger partial charge in [0, 0.05) is 13.7 Å². The van der Waals surface area contributed by atoms with Gasteiger partial charge in [-0.15, -0.1) is 0 Å². The number of hydrogen-bond acceptors (Lipinski definition) is 4. The number of ether oxygens (including phenoxy) is 2. The lowest BCUT2D eigenvalue weighted by atomic mass is 10.1. The largest absolute Gasteiger partial charge is 0.382 e. The van der Waals surface area contributed by atoms with E-state index in [2.05, 4.69) is 5.48 Å². The molecule has 0 amide bonds. The van der Waals surface area contributed by atoms with Crippen LogP contribution in [-0.4, -0.2) is 39.6 Å². The van der Waals surface area contributed by atoms with E-state index in [4.69, 9.17) is 14.3 Å². The molecule has 0 aliphatic carbocycles. The van der Waals surface area contributed by atoms with Crippen molar-refractivity contribution in [1.29, 1.82) is 0 Å². The first-order valence-corrected chi connectivity index (χ1v) is 4.37. The van der Waals surface area contributed by atoms with E-state index in [9.17, 15) is 0 Å². The van der Waals surface area contributed by atoms with Crippen LogP contribution in [0.1, 0.15) is 12.8 Å². The van der Waals surface area contributed by atoms with E-state index in [0.29, 0.717) is 19.3 Å². The van der Waals surface area contributed by atoms with Crippen molar-refractivity contribution in [3.8, 4) is 0 Å². The predicted molar refractivity (Wildman–Crippen MR) is 44.8 cm³/mol. The first-order valence-electron chi connectivity index (χ1n) is 4.37. The average molecular weight is 175 g/mol. The number of methoxy groups -OCH3 is 1. The topological polar surface area (TPSA) is 39.7 Å². The predicted octanol–water partition coefficient (Wildman–Crippen LogP) is 0.333. The molecule has 1 N–H and O–H groups in total. The van der Waals surface area contributed by atoms with E-state index in [0.717, 1.165) is 26.1 Å². The van der Waals surface area contributed by atoms with Crippen LogP contribution in [-0.2, 0) is 14.3 Å². The maximum Gasteiger partial charge on any atom is 0.0916 e. The molecule has 1 heterocycles. The van der Waals surface area contributed by atoms with Gasteiger partial charge < -0.3 is 9.47 Å². The lowest BCUT2D eigenvalue weighted by Gasteiger charge is -2.22. The molecular formula is C8H17NO3. The van der Waals surface area contributed by atoms with Crippen molar-refractivity contribution >= 4 is 0 Å². The van der Waals surface area contributed by atoms with Crippen LogP contribution in [0.5, 0.6) is 0 Å². The Hall–Kier alpha value is -0.160. The molecule has 1 atom stereocenters. The monoisotopic (exact) mass is 175 g/mol. The van der Waals surface area contributed by atoms with Crippen molar-refractivity contribution < 1.29 is 14.3 Å². The van der Waals surface area contributed by atoms with Crippen LogP contribution in [0.25, 0.3) is 0 Å². The molecule has 4 heteroatoms. The van der Waals surface area contributed by atoms with Gasteiger partial charge in [-0.25, -0.2) is 0 Å². The maximum atomic E-state index is 5.27. The van der Waals surface area contributed by atoms with Crippen molar-refractivity contribution in [3.63, 3.8) is 0 Å². The highest BCUT2D eigenvalue weighted by Gasteiger charge is 2.12. The molecule has 4 nitrogen and oxygen atoms in total. The molecule has 0 aromatic rings. The van der Waals surface area contributed by atoms with Crippen molar-refractivity contribution in [1.82, 2.24) is 5.48 Å². The third-order valence-electron chi connectivity index (χ3n) is 1.80. The first-order chi connectivity index (χ1) is 5.93. The SMILES string of the molecule is COCCONC1CCCOC1. The number of nitrogens with one attached hydrogen (secondary N) is 1. The summed E-state index contributed by atoms with van der Waals surface area (Å²) in [6, 6.07) is 0.357. The third kappa shape index (κ3) is 4.01. The fourth-order valence-corrected chi connectivity index (χ4v) is 1.14. The normalized spacial score (nSPS) is 24.2. The highest BCUT2D eigenvalue weighted by Crippen LogP contribution is 2.05. The molecule has 0 saturated carbocycles. The third-order valence-corrected chi connectivity index (χ3v) is 1.80. The lowest BCUT2D eigenvalue weighted by Crippen LogP contribution is -2.37. The highest BCUT2D eigenvalue weighted by molar-refractivity contribution is 4.65. The second kappa shape index (κ2) is 6.37. The smallest absolute Gasteiger partial charge is 0.0916 e. The summed E-state index contributed by atoms with van der Waals surface area (Å²) in [7, 11) is 1.66. The minimum absolute atomic E-state index is 0.357. The molecule has 0 bridgehead atoms. The van der Waals surface area contributed by atoms with E-state index in [1.807, 2.05) is 0 Å². The van der Waals surface area contributed by atoms with Crippen LogP contribution in [0, 0.1) is 0 Å². The van der Waals surface area contributed by atoms with Crippen molar-refractivity contribution in [2.75, 3.05) is 33.5 Å². The molecule has 0 radical (unpaired) electrons. The Morgan fingerprint density at radius 2 is 2.42 bits per heavy atom. The van der Waals surface area contributed by atoms with Gasteiger partial charge in [0.1, 0.15) is 0 Å². The summed E-state index contributed by atoms with van der Waals surface area (Å²) in [6.07, 6.45) is 2.25. The number of hydroxylamine groups is 1. The molecular weight excluding hydrogens is 158 g/mol. The standard InChI is InChI=1S/C8H17NO3/c1-10-5-6-12-9-8-3-2-4-11-7-8/h8-9H,2-7H2,1H3. The molecule has 0 aromatic heterocycles. The molecule has 1 aliphatic heterocycles. The molecule has 0 spiro atoms. The Bertz CT molecular complexity index is 104. The second-order valence-electron chi connectivity index (χ2n) is 2.87. The molecule has 1 unspecified atom stereocenters. The van der Waals surface area contributed by atoms with Gasteiger partial charge in [0.2, 0.25) is 0 Å². The Morgan fingerprint density at radius 3 is 3.08 bits per heavy atom. The minimum atomic E-state index is 0.357. The quantitative estimate of drug-likeness (QED) is 0.483. The first kappa shape index (κ1) is 9.92. The van der Waals surface area contributed by atoms with Gasteiger partial charge in [0.25, 0.3) is 0 Å². The van der Waals surface area contributed by atoms with Crippen LogP contribution in [0.2, 0.25) is 0 Å². The number of hydrogen-bond donors (Lipinski definition) is 1. The Kier molecular flexibility index (Phi) is 5.27. The summed E-state index contributed by atoms with van der Waals surface area (Å²) in [6.45, 7) is 2.86. The maximum absolute atomic E-state index is 5.27. The molecule has 0 aromatic carbocycles. The minimum Gasteiger partial charge on any atom is -0.382 e. The van der Waals surface area contributed by atoms with Crippen LogP contribution < -0.4 is 5.48 Å². The average Bonchev–Trinajstić information content (AvgIpc) is 2.14. The zero-order chi connectivity index (χ0) is 8.65. The van der Waals surface area contributed by atoms with Crippen LogP contribution in [0.15, 0.2) is 0 Å². The molecule has 1 aliphatic rings. The van der Waals surface area contributed by atoms with Crippen molar-refractivity contribution in [2.24, 2.45) is 0 Å². The molecule has 12 heavy (non-hydrogen) atoms. The summed E-state index contributed by atoms with van der Waals surface area (Å²) in [5.74, 6) is 0. The summed E-state index contributed by atoms with van der Waals surface area (Å²) in [4.78, 5) is 5.16. The lowest BCUT2D eigenvalue weighted by molar-refractivity contribution is -0.0463. The number of rotatable bonds is 5. The van der Waals surface area contributed by atoms with Crippen LogP contribution in [0.4, 0.5) is 0 Å². The van der Waals surface area contributed by atoms with E-state index in [-0.39, 0.29) is 0 Å². The van der Waals surface area contributed by atoms with Crippen molar-refractivity contribution in [3.05, 3.63) is 0 Å². The van der Waals surface area contributed by atoms with Gasteiger partial charge >= 0.3 is 0 Å². The Morgan fingerprint density at radius 1 is 1.50 bits per heavy atom. The van der Waals surface area contributed by atoms with Gasteiger partial charge in [-0.1, -0.05) is 0 Å². The van der Waals surface area contributed by atoms with Gasteiger partial charge in [0.05, 0.1) is 25.9 Å². The fraction of sp³-hybridized carbons (Fsp3) is 1.00. The summed E-state index contributed by atoms with van der Waals surface area (Å²) in [5.41, 5.74) is 2.95.